The number of nitrogens with two attached hydrogens (primary N) is 1. The quantitative estimate of drug-likeness (QED) is 0.778. The van der Waals surface area contributed by atoms with Gasteiger partial charge in [0, 0.05) is 38.8 Å². The third kappa shape index (κ3) is 5.60. The molecule has 5 heteroatoms. The maximum atomic E-state index is 13.4. The van der Waals surface area contributed by atoms with Crippen molar-refractivity contribution in [1.29, 1.82) is 0 Å². The van der Waals surface area contributed by atoms with Crippen molar-refractivity contribution in [2.24, 2.45) is 11.7 Å². The van der Waals surface area contributed by atoms with Crippen molar-refractivity contribution in [1.82, 2.24) is 9.80 Å². The van der Waals surface area contributed by atoms with Crippen molar-refractivity contribution >= 4 is 0 Å². The van der Waals surface area contributed by atoms with E-state index in [1.165, 1.54) is 24.3 Å². The summed E-state index contributed by atoms with van der Waals surface area (Å²) < 4.78 is 26.9. The predicted molar refractivity (Wildman–Crippen MR) is 110 cm³/mol. The van der Waals surface area contributed by atoms with Crippen LogP contribution in [-0.2, 0) is 0 Å². The number of halogens is 2. The molecular weight excluding hydrogens is 356 g/mol. The fraction of sp³-hybridized carbons (Fsp3) is 0.478. The van der Waals surface area contributed by atoms with Gasteiger partial charge in [0.25, 0.3) is 0 Å². The lowest BCUT2D eigenvalue weighted by Gasteiger charge is -2.40. The summed E-state index contributed by atoms with van der Waals surface area (Å²) >= 11 is 0. The third-order valence-electron chi connectivity index (χ3n) is 5.41. The summed E-state index contributed by atoms with van der Waals surface area (Å²) in [6.07, 6.45) is 1.04. The Morgan fingerprint density at radius 2 is 1.29 bits per heavy atom. The molecule has 0 radical (unpaired) electrons. The number of nitrogens with zero attached hydrogens (tertiary/aromatic N) is 2. The molecule has 0 aliphatic carbocycles. The van der Waals surface area contributed by atoms with E-state index in [0.717, 1.165) is 50.3 Å². The highest BCUT2D eigenvalue weighted by Gasteiger charge is 2.27. The highest BCUT2D eigenvalue weighted by Crippen LogP contribution is 2.30. The first-order valence-electron chi connectivity index (χ1n) is 10.2. The fourth-order valence-corrected chi connectivity index (χ4v) is 4.12. The summed E-state index contributed by atoms with van der Waals surface area (Å²) in [7, 11) is 0. The Balaban J connectivity index is 1.71. The van der Waals surface area contributed by atoms with E-state index in [4.69, 9.17) is 5.73 Å². The molecule has 0 bridgehead atoms. The molecular formula is C23H31F2N3. The monoisotopic (exact) mass is 387 g/mol. The van der Waals surface area contributed by atoms with Crippen LogP contribution in [0.2, 0.25) is 0 Å². The molecule has 0 saturated carbocycles. The molecule has 1 aliphatic heterocycles. The first-order chi connectivity index (χ1) is 13.4. The predicted octanol–water partition coefficient (Wildman–Crippen LogP) is 4.05. The number of benzene rings is 2. The van der Waals surface area contributed by atoms with Crippen LogP contribution >= 0.6 is 0 Å². The molecule has 0 amide bonds. The van der Waals surface area contributed by atoms with Gasteiger partial charge in [0.15, 0.2) is 0 Å². The second kappa shape index (κ2) is 9.59. The summed E-state index contributed by atoms with van der Waals surface area (Å²) in [5.41, 5.74) is 8.34. The Bertz CT molecular complexity index is 677. The summed E-state index contributed by atoms with van der Waals surface area (Å²) in [6, 6.07) is 13.5. The van der Waals surface area contributed by atoms with E-state index in [1.54, 1.807) is 0 Å². The maximum Gasteiger partial charge on any atom is 0.123 e. The van der Waals surface area contributed by atoms with Gasteiger partial charge in [-0.3, -0.25) is 9.80 Å². The lowest BCUT2D eigenvalue weighted by atomic mass is 9.96. The SMILES string of the molecule is CC(C)C[C@H](N)CN1CCN(C(c2ccc(F)cc2)c2ccc(F)cc2)CC1. The van der Waals surface area contributed by atoms with Crippen LogP contribution in [0.1, 0.15) is 37.4 Å². The van der Waals surface area contributed by atoms with Crippen LogP contribution in [0.5, 0.6) is 0 Å². The van der Waals surface area contributed by atoms with Crippen molar-refractivity contribution in [3.8, 4) is 0 Å². The van der Waals surface area contributed by atoms with E-state index in [-0.39, 0.29) is 23.7 Å². The molecule has 3 rings (SSSR count). The molecule has 28 heavy (non-hydrogen) atoms. The van der Waals surface area contributed by atoms with Gasteiger partial charge in [-0.2, -0.15) is 0 Å². The Morgan fingerprint density at radius 3 is 1.71 bits per heavy atom. The Hall–Kier alpha value is -1.82. The first-order valence-corrected chi connectivity index (χ1v) is 10.2. The van der Waals surface area contributed by atoms with Crippen LogP contribution in [0.15, 0.2) is 48.5 Å². The van der Waals surface area contributed by atoms with Gasteiger partial charge in [0.1, 0.15) is 11.6 Å². The molecule has 1 saturated heterocycles. The molecule has 2 aromatic rings. The maximum absolute atomic E-state index is 13.4. The molecule has 0 unspecified atom stereocenters. The van der Waals surface area contributed by atoms with E-state index in [0.29, 0.717) is 5.92 Å². The second-order valence-corrected chi connectivity index (χ2v) is 8.23. The zero-order valence-corrected chi connectivity index (χ0v) is 16.8. The minimum Gasteiger partial charge on any atom is -0.327 e. The van der Waals surface area contributed by atoms with Gasteiger partial charge in [-0.15, -0.1) is 0 Å². The van der Waals surface area contributed by atoms with Crippen LogP contribution in [0, 0.1) is 17.6 Å². The van der Waals surface area contributed by atoms with Gasteiger partial charge in [0.2, 0.25) is 0 Å². The van der Waals surface area contributed by atoms with E-state index in [1.807, 2.05) is 24.3 Å². The Kier molecular flexibility index (Phi) is 7.16. The zero-order chi connectivity index (χ0) is 20.1. The van der Waals surface area contributed by atoms with Crippen molar-refractivity contribution < 1.29 is 8.78 Å². The standard InChI is InChI=1S/C23H31F2N3/c1-17(2)15-22(26)16-27-11-13-28(14-12-27)23(18-3-7-20(24)8-4-18)19-5-9-21(25)10-6-19/h3-10,17,22-23H,11-16,26H2,1-2H3/t22-/m0/s1. The van der Waals surface area contributed by atoms with Crippen LogP contribution in [0.3, 0.4) is 0 Å². The van der Waals surface area contributed by atoms with Crippen molar-refractivity contribution in [3.05, 3.63) is 71.3 Å². The average Bonchev–Trinajstić information content (AvgIpc) is 2.66. The van der Waals surface area contributed by atoms with Crippen molar-refractivity contribution in [2.75, 3.05) is 32.7 Å². The second-order valence-electron chi connectivity index (χ2n) is 8.23. The first kappa shape index (κ1) is 20.9. The number of rotatable bonds is 7. The van der Waals surface area contributed by atoms with Crippen LogP contribution in [-0.4, -0.2) is 48.6 Å². The van der Waals surface area contributed by atoms with Gasteiger partial charge >= 0.3 is 0 Å². The molecule has 1 atom stereocenters. The van der Waals surface area contributed by atoms with Gasteiger partial charge in [0.05, 0.1) is 6.04 Å². The summed E-state index contributed by atoms with van der Waals surface area (Å²) in [5.74, 6) is 0.119. The fourth-order valence-electron chi connectivity index (χ4n) is 4.12. The van der Waals surface area contributed by atoms with Crippen LogP contribution in [0.4, 0.5) is 8.78 Å². The van der Waals surface area contributed by atoms with Gasteiger partial charge in [-0.25, -0.2) is 8.78 Å². The lowest BCUT2D eigenvalue weighted by molar-refractivity contribution is 0.103. The van der Waals surface area contributed by atoms with E-state index < -0.39 is 0 Å². The summed E-state index contributed by atoms with van der Waals surface area (Å²) in [5, 5.41) is 0. The molecule has 2 N–H and O–H groups in total. The molecule has 2 aromatic carbocycles. The topological polar surface area (TPSA) is 32.5 Å². The third-order valence-corrected chi connectivity index (χ3v) is 5.41. The molecule has 0 aromatic heterocycles. The number of piperazine rings is 1. The largest absolute Gasteiger partial charge is 0.327 e. The average molecular weight is 388 g/mol. The Labute approximate surface area is 167 Å². The van der Waals surface area contributed by atoms with E-state index >= 15 is 0 Å². The summed E-state index contributed by atoms with van der Waals surface area (Å²) in [4.78, 5) is 4.82. The van der Waals surface area contributed by atoms with Gasteiger partial charge in [-0.1, -0.05) is 38.1 Å². The zero-order valence-electron chi connectivity index (χ0n) is 16.8. The minimum absolute atomic E-state index is 0.00677. The van der Waals surface area contributed by atoms with Gasteiger partial charge in [-0.05, 0) is 47.7 Å². The highest BCUT2D eigenvalue weighted by molar-refractivity contribution is 5.32. The van der Waals surface area contributed by atoms with Crippen molar-refractivity contribution in [3.63, 3.8) is 0 Å². The van der Waals surface area contributed by atoms with Gasteiger partial charge < -0.3 is 5.73 Å². The molecule has 1 heterocycles. The summed E-state index contributed by atoms with van der Waals surface area (Å²) in [6.45, 7) is 9.02. The highest BCUT2D eigenvalue weighted by atomic mass is 19.1. The van der Waals surface area contributed by atoms with Crippen LogP contribution in [0.25, 0.3) is 0 Å². The molecule has 1 aliphatic rings. The Morgan fingerprint density at radius 1 is 0.821 bits per heavy atom. The van der Waals surface area contributed by atoms with Crippen LogP contribution < -0.4 is 5.73 Å². The number of hydrogen-bond acceptors (Lipinski definition) is 3. The molecule has 1 fully saturated rings. The normalized spacial score (nSPS) is 17.4. The molecule has 152 valence electrons. The minimum atomic E-state index is -0.245. The van der Waals surface area contributed by atoms with Crippen molar-refractivity contribution in [2.45, 2.75) is 32.4 Å². The molecule has 3 nitrogen and oxygen atoms in total. The molecule has 0 spiro atoms. The van der Waals surface area contributed by atoms with E-state index in [9.17, 15) is 8.78 Å². The van der Waals surface area contributed by atoms with E-state index in [2.05, 4.69) is 23.6 Å². The smallest absolute Gasteiger partial charge is 0.123 e. The lowest BCUT2D eigenvalue weighted by Crippen LogP contribution is -2.51. The number of hydrogen-bond donors (Lipinski definition) is 1.